The maximum Gasteiger partial charge on any atom is 0.321 e. The maximum absolute atomic E-state index is 13.4. The normalized spacial score (nSPS) is 15.6. The molecule has 3 rings (SSSR count). The van der Waals surface area contributed by atoms with Crippen molar-refractivity contribution in [3.05, 3.63) is 48.2 Å². The number of pyridine rings is 1. The van der Waals surface area contributed by atoms with Crippen molar-refractivity contribution in [2.45, 2.75) is 32.2 Å². The topological polar surface area (TPSA) is 82.6 Å². The second-order valence-corrected chi connectivity index (χ2v) is 9.67. The van der Waals surface area contributed by atoms with Crippen LogP contribution in [-0.4, -0.2) is 60.6 Å². The SMILES string of the molecule is CCCS(=O)(=O)N1CCC(N(C)C(=O)Nc2ccc(-c3cc(F)cc(F)c3)nc2)CC1. The number of nitrogens with zero attached hydrogens (tertiary/aromatic N) is 3. The molecule has 1 aromatic heterocycles. The number of anilines is 1. The first-order valence-electron chi connectivity index (χ1n) is 10.1. The van der Waals surface area contributed by atoms with Crippen LogP contribution in [0, 0.1) is 11.6 Å². The molecule has 1 N–H and O–H groups in total. The Bertz CT molecular complexity index is 1000. The van der Waals surface area contributed by atoms with Crippen LogP contribution in [0.5, 0.6) is 0 Å². The molecule has 1 aliphatic heterocycles. The Hall–Kier alpha value is -2.59. The van der Waals surface area contributed by atoms with Crippen molar-refractivity contribution in [1.29, 1.82) is 0 Å². The quantitative estimate of drug-likeness (QED) is 0.725. The molecule has 0 radical (unpaired) electrons. The summed E-state index contributed by atoms with van der Waals surface area (Å²) in [6.45, 7) is 2.62. The minimum absolute atomic E-state index is 0.0735. The summed E-state index contributed by atoms with van der Waals surface area (Å²) in [5.41, 5.74) is 1.13. The smallest absolute Gasteiger partial charge is 0.321 e. The fourth-order valence-electron chi connectivity index (χ4n) is 3.61. The first-order chi connectivity index (χ1) is 14.7. The van der Waals surface area contributed by atoms with Gasteiger partial charge in [0.1, 0.15) is 11.6 Å². The number of hydrogen-bond acceptors (Lipinski definition) is 4. The molecule has 2 heterocycles. The first-order valence-corrected chi connectivity index (χ1v) is 11.7. The molecule has 1 fully saturated rings. The van der Waals surface area contributed by atoms with E-state index in [2.05, 4.69) is 10.3 Å². The monoisotopic (exact) mass is 452 g/mol. The summed E-state index contributed by atoms with van der Waals surface area (Å²) in [5, 5.41) is 2.75. The van der Waals surface area contributed by atoms with Crippen LogP contribution in [0.2, 0.25) is 0 Å². The number of amides is 2. The Balaban J connectivity index is 1.58. The van der Waals surface area contributed by atoms with Crippen LogP contribution in [0.15, 0.2) is 36.5 Å². The van der Waals surface area contributed by atoms with Gasteiger partial charge in [0, 0.05) is 37.8 Å². The van der Waals surface area contributed by atoms with Crippen LogP contribution in [0.1, 0.15) is 26.2 Å². The molecule has 7 nitrogen and oxygen atoms in total. The molecular weight excluding hydrogens is 426 g/mol. The Morgan fingerprint density at radius 1 is 1.19 bits per heavy atom. The number of hydrogen-bond donors (Lipinski definition) is 1. The van der Waals surface area contributed by atoms with Gasteiger partial charge >= 0.3 is 6.03 Å². The predicted octanol–water partition coefficient (Wildman–Crippen LogP) is 3.69. The van der Waals surface area contributed by atoms with Gasteiger partial charge in [0.25, 0.3) is 0 Å². The lowest BCUT2D eigenvalue weighted by atomic mass is 10.1. The van der Waals surface area contributed by atoms with Gasteiger partial charge in [-0.25, -0.2) is 26.3 Å². The summed E-state index contributed by atoms with van der Waals surface area (Å²) in [5.74, 6) is -1.24. The lowest BCUT2D eigenvalue weighted by molar-refractivity contribution is 0.174. The highest BCUT2D eigenvalue weighted by atomic mass is 32.2. The lowest BCUT2D eigenvalue weighted by Crippen LogP contribution is -2.48. The van der Waals surface area contributed by atoms with Gasteiger partial charge in [-0.05, 0) is 43.5 Å². The zero-order valence-electron chi connectivity index (χ0n) is 17.5. The third-order valence-corrected chi connectivity index (χ3v) is 7.40. The number of carbonyl (C=O) groups excluding carboxylic acids is 1. The molecule has 0 aliphatic carbocycles. The Labute approximate surface area is 181 Å². The molecule has 0 atom stereocenters. The number of nitrogens with one attached hydrogen (secondary N) is 1. The highest BCUT2D eigenvalue weighted by Gasteiger charge is 2.30. The molecule has 2 amide bonds. The standard InChI is InChI=1S/C21H26F2N4O3S/c1-3-10-31(29,30)27-8-6-19(7-9-27)26(2)21(28)25-18-4-5-20(24-14-18)15-11-16(22)13-17(23)12-15/h4-5,11-14,19H,3,6-10H2,1-2H3,(H,25,28). The number of halogens is 2. The third kappa shape index (κ3) is 5.76. The highest BCUT2D eigenvalue weighted by molar-refractivity contribution is 7.89. The van der Waals surface area contributed by atoms with E-state index in [0.29, 0.717) is 49.3 Å². The molecule has 0 unspecified atom stereocenters. The molecule has 1 saturated heterocycles. The van der Waals surface area contributed by atoms with Crippen molar-refractivity contribution >= 4 is 21.7 Å². The molecule has 1 aliphatic rings. The Kier molecular flexibility index (Phi) is 7.22. The molecule has 10 heteroatoms. The van der Waals surface area contributed by atoms with Gasteiger partial charge in [-0.2, -0.15) is 0 Å². The molecule has 1 aromatic carbocycles. The van der Waals surface area contributed by atoms with E-state index < -0.39 is 21.7 Å². The summed E-state index contributed by atoms with van der Waals surface area (Å²) in [4.78, 5) is 18.3. The highest BCUT2D eigenvalue weighted by Crippen LogP contribution is 2.22. The minimum atomic E-state index is -3.22. The zero-order valence-corrected chi connectivity index (χ0v) is 18.3. The number of carbonyl (C=O) groups is 1. The summed E-state index contributed by atoms with van der Waals surface area (Å²) in [6, 6.07) is 5.93. The van der Waals surface area contributed by atoms with Crippen molar-refractivity contribution in [1.82, 2.24) is 14.2 Å². The predicted molar refractivity (Wildman–Crippen MR) is 115 cm³/mol. The molecule has 168 valence electrons. The van der Waals surface area contributed by atoms with Gasteiger partial charge in [0.2, 0.25) is 10.0 Å². The summed E-state index contributed by atoms with van der Waals surface area (Å²) >= 11 is 0. The zero-order chi connectivity index (χ0) is 22.6. The number of urea groups is 1. The van der Waals surface area contributed by atoms with Crippen molar-refractivity contribution in [3.63, 3.8) is 0 Å². The van der Waals surface area contributed by atoms with E-state index in [1.54, 1.807) is 24.1 Å². The van der Waals surface area contributed by atoms with E-state index >= 15 is 0 Å². The molecular formula is C21H26F2N4O3S. The number of benzene rings is 1. The van der Waals surface area contributed by atoms with E-state index in [4.69, 9.17) is 0 Å². The van der Waals surface area contributed by atoms with Crippen molar-refractivity contribution in [2.75, 3.05) is 31.2 Å². The number of piperidine rings is 1. The van der Waals surface area contributed by atoms with Crippen molar-refractivity contribution in [2.24, 2.45) is 0 Å². The molecule has 0 bridgehead atoms. The molecule has 0 saturated carbocycles. The van der Waals surface area contributed by atoms with Crippen LogP contribution in [0.4, 0.5) is 19.3 Å². The van der Waals surface area contributed by atoms with E-state index in [1.165, 1.54) is 22.6 Å². The number of sulfonamides is 1. The van der Waals surface area contributed by atoms with Gasteiger partial charge in [-0.3, -0.25) is 4.98 Å². The minimum Gasteiger partial charge on any atom is -0.325 e. The fourth-order valence-corrected chi connectivity index (χ4v) is 5.15. The van der Waals surface area contributed by atoms with Gasteiger partial charge in [-0.1, -0.05) is 6.92 Å². The van der Waals surface area contributed by atoms with E-state index in [0.717, 1.165) is 6.07 Å². The summed E-state index contributed by atoms with van der Waals surface area (Å²) in [6.07, 6.45) is 3.12. The molecule has 0 spiro atoms. The second-order valence-electron chi connectivity index (χ2n) is 7.58. The molecule has 2 aromatic rings. The van der Waals surface area contributed by atoms with Crippen LogP contribution < -0.4 is 5.32 Å². The average Bonchev–Trinajstić information content (AvgIpc) is 2.73. The summed E-state index contributed by atoms with van der Waals surface area (Å²) in [7, 11) is -1.55. The first kappa shape index (κ1) is 23.1. The van der Waals surface area contributed by atoms with Gasteiger partial charge in [0.05, 0.1) is 23.3 Å². The largest absolute Gasteiger partial charge is 0.325 e. The second kappa shape index (κ2) is 9.69. The van der Waals surface area contributed by atoms with Gasteiger partial charge in [-0.15, -0.1) is 0 Å². The van der Waals surface area contributed by atoms with Crippen LogP contribution in [0.25, 0.3) is 11.3 Å². The van der Waals surface area contributed by atoms with Crippen molar-refractivity contribution < 1.29 is 22.0 Å². The third-order valence-electron chi connectivity index (χ3n) is 5.32. The van der Waals surface area contributed by atoms with E-state index in [1.807, 2.05) is 6.92 Å². The van der Waals surface area contributed by atoms with Gasteiger partial charge < -0.3 is 10.2 Å². The summed E-state index contributed by atoms with van der Waals surface area (Å²) < 4.78 is 52.7. The van der Waals surface area contributed by atoms with Crippen molar-refractivity contribution in [3.8, 4) is 11.3 Å². The average molecular weight is 453 g/mol. The Morgan fingerprint density at radius 3 is 2.39 bits per heavy atom. The van der Waals surface area contributed by atoms with Crippen LogP contribution in [-0.2, 0) is 10.0 Å². The fraction of sp³-hybridized carbons (Fsp3) is 0.429. The Morgan fingerprint density at radius 2 is 1.84 bits per heavy atom. The van der Waals surface area contributed by atoms with Gasteiger partial charge in [0.15, 0.2) is 0 Å². The van der Waals surface area contributed by atoms with Crippen LogP contribution in [0.3, 0.4) is 0 Å². The van der Waals surface area contributed by atoms with E-state index in [9.17, 15) is 22.0 Å². The maximum atomic E-state index is 13.4. The van der Waals surface area contributed by atoms with Crippen LogP contribution >= 0.6 is 0 Å². The lowest BCUT2D eigenvalue weighted by Gasteiger charge is -2.36. The molecule has 31 heavy (non-hydrogen) atoms. The van der Waals surface area contributed by atoms with E-state index in [-0.39, 0.29) is 17.8 Å². The number of aromatic nitrogens is 1. The number of rotatable bonds is 6.